The van der Waals surface area contributed by atoms with Gasteiger partial charge in [0.15, 0.2) is 0 Å². The third-order valence-corrected chi connectivity index (χ3v) is 4.13. The molecule has 4 nitrogen and oxygen atoms in total. The van der Waals surface area contributed by atoms with Gasteiger partial charge in [-0.15, -0.1) is 0 Å². The summed E-state index contributed by atoms with van der Waals surface area (Å²) in [7, 11) is 0. The van der Waals surface area contributed by atoms with Gasteiger partial charge < -0.3 is 10.6 Å². The first-order valence-corrected chi connectivity index (χ1v) is 8.18. The number of carbonyl (C=O) groups excluding carboxylic acids is 1. The summed E-state index contributed by atoms with van der Waals surface area (Å²) in [5.41, 5.74) is 0.461. The summed E-state index contributed by atoms with van der Waals surface area (Å²) in [4.78, 5) is 15.9. The van der Waals surface area contributed by atoms with Gasteiger partial charge >= 0.3 is 0 Å². The Morgan fingerprint density at radius 3 is 2.60 bits per heavy atom. The molecular formula is C15H22BrN3O. The number of hydrogen-bond acceptors (Lipinski definition) is 3. The quantitative estimate of drug-likeness (QED) is 0.640. The van der Waals surface area contributed by atoms with E-state index in [2.05, 4.69) is 31.5 Å². The minimum Gasteiger partial charge on any atom is -0.349 e. The molecule has 110 valence electrons. The van der Waals surface area contributed by atoms with E-state index in [1.165, 1.54) is 38.5 Å². The van der Waals surface area contributed by atoms with Crippen molar-refractivity contribution in [2.24, 2.45) is 0 Å². The van der Waals surface area contributed by atoms with Gasteiger partial charge in [0.05, 0.1) is 0 Å². The molecule has 1 aliphatic rings. The highest BCUT2D eigenvalue weighted by Crippen LogP contribution is 2.16. The Balaban J connectivity index is 1.65. The van der Waals surface area contributed by atoms with Crippen LogP contribution in [-0.4, -0.2) is 30.0 Å². The molecule has 1 aromatic rings. The van der Waals surface area contributed by atoms with E-state index in [-0.39, 0.29) is 5.91 Å². The van der Waals surface area contributed by atoms with Gasteiger partial charge in [0, 0.05) is 29.8 Å². The number of pyridine rings is 1. The second-order valence-corrected chi connectivity index (χ2v) is 6.18. The van der Waals surface area contributed by atoms with Crippen LogP contribution in [0.5, 0.6) is 0 Å². The predicted octanol–water partition coefficient (Wildman–Crippen LogP) is 2.89. The van der Waals surface area contributed by atoms with Gasteiger partial charge in [0.2, 0.25) is 0 Å². The molecule has 5 heteroatoms. The van der Waals surface area contributed by atoms with E-state index in [0.29, 0.717) is 18.3 Å². The Morgan fingerprint density at radius 1 is 1.20 bits per heavy atom. The van der Waals surface area contributed by atoms with Crippen LogP contribution in [0.3, 0.4) is 0 Å². The summed E-state index contributed by atoms with van der Waals surface area (Å²) in [6.07, 6.45) is 9.55. The lowest BCUT2D eigenvalue weighted by molar-refractivity contribution is 0.0948. The summed E-state index contributed by atoms with van der Waals surface area (Å²) in [6.45, 7) is 1.47. The van der Waals surface area contributed by atoms with Crippen molar-refractivity contribution in [3.05, 3.63) is 28.5 Å². The average molecular weight is 340 g/mol. The molecule has 0 radical (unpaired) electrons. The van der Waals surface area contributed by atoms with E-state index < -0.39 is 0 Å². The van der Waals surface area contributed by atoms with Crippen molar-refractivity contribution in [3.8, 4) is 0 Å². The molecule has 1 aliphatic carbocycles. The van der Waals surface area contributed by atoms with E-state index in [4.69, 9.17) is 0 Å². The van der Waals surface area contributed by atoms with Crippen molar-refractivity contribution in [1.82, 2.24) is 15.6 Å². The zero-order valence-corrected chi connectivity index (χ0v) is 13.3. The minimum absolute atomic E-state index is 0.111. The van der Waals surface area contributed by atoms with Crippen molar-refractivity contribution in [1.29, 1.82) is 0 Å². The van der Waals surface area contributed by atoms with Crippen LogP contribution in [0.2, 0.25) is 0 Å². The van der Waals surface area contributed by atoms with Crippen LogP contribution in [0.15, 0.2) is 22.8 Å². The Morgan fingerprint density at radius 2 is 1.95 bits per heavy atom. The number of nitrogens with one attached hydrogen (secondary N) is 2. The summed E-state index contributed by atoms with van der Waals surface area (Å²) < 4.78 is 0.879. The van der Waals surface area contributed by atoms with Crippen molar-refractivity contribution in [2.45, 2.75) is 44.6 Å². The zero-order chi connectivity index (χ0) is 14.2. The first-order chi connectivity index (χ1) is 9.75. The fourth-order valence-electron chi connectivity index (χ4n) is 2.54. The molecule has 0 bridgehead atoms. The number of amides is 1. The topological polar surface area (TPSA) is 54.0 Å². The summed E-state index contributed by atoms with van der Waals surface area (Å²) in [5, 5.41) is 6.43. The highest BCUT2D eigenvalue weighted by atomic mass is 79.9. The fourth-order valence-corrected chi connectivity index (χ4v) is 2.77. The van der Waals surface area contributed by atoms with Gasteiger partial charge in [0.1, 0.15) is 5.69 Å². The lowest BCUT2D eigenvalue weighted by atomic mass is 10.1. The first-order valence-electron chi connectivity index (χ1n) is 7.39. The van der Waals surface area contributed by atoms with Crippen LogP contribution in [0.1, 0.15) is 49.0 Å². The van der Waals surface area contributed by atoms with E-state index in [1.54, 1.807) is 12.3 Å². The SMILES string of the molecule is O=C(NCCNC1CCCCCC1)c1ccc(Br)cn1. The van der Waals surface area contributed by atoms with Gasteiger partial charge in [0.25, 0.3) is 5.91 Å². The Kier molecular flexibility index (Phi) is 6.47. The molecule has 2 rings (SSSR count). The predicted molar refractivity (Wildman–Crippen MR) is 83.8 cm³/mol. The van der Waals surface area contributed by atoms with E-state index in [1.807, 2.05) is 6.07 Å². The molecule has 0 unspecified atom stereocenters. The van der Waals surface area contributed by atoms with Crippen LogP contribution >= 0.6 is 15.9 Å². The molecule has 0 atom stereocenters. The highest BCUT2D eigenvalue weighted by molar-refractivity contribution is 9.10. The smallest absolute Gasteiger partial charge is 0.269 e. The highest BCUT2D eigenvalue weighted by Gasteiger charge is 2.11. The van der Waals surface area contributed by atoms with Gasteiger partial charge in [-0.2, -0.15) is 0 Å². The number of aromatic nitrogens is 1. The van der Waals surface area contributed by atoms with E-state index in [0.717, 1.165) is 11.0 Å². The van der Waals surface area contributed by atoms with Gasteiger partial charge in [-0.05, 0) is 40.9 Å². The number of carbonyl (C=O) groups is 1. The first kappa shape index (κ1) is 15.4. The minimum atomic E-state index is -0.111. The molecule has 0 saturated heterocycles. The van der Waals surface area contributed by atoms with Crippen molar-refractivity contribution in [3.63, 3.8) is 0 Å². The zero-order valence-electron chi connectivity index (χ0n) is 11.7. The van der Waals surface area contributed by atoms with Gasteiger partial charge in [-0.3, -0.25) is 4.79 Å². The Bertz CT molecular complexity index is 414. The number of rotatable bonds is 5. The van der Waals surface area contributed by atoms with E-state index >= 15 is 0 Å². The molecule has 1 amide bonds. The average Bonchev–Trinajstić information content (AvgIpc) is 2.73. The maximum atomic E-state index is 11.8. The third kappa shape index (κ3) is 5.21. The molecule has 1 heterocycles. The molecule has 0 aliphatic heterocycles. The largest absolute Gasteiger partial charge is 0.349 e. The molecule has 2 N–H and O–H groups in total. The lowest BCUT2D eigenvalue weighted by Gasteiger charge is -2.16. The molecule has 1 fully saturated rings. The van der Waals surface area contributed by atoms with Crippen LogP contribution in [0.25, 0.3) is 0 Å². The molecule has 1 aromatic heterocycles. The monoisotopic (exact) mass is 339 g/mol. The lowest BCUT2D eigenvalue weighted by Crippen LogP contribution is -2.37. The Labute approximate surface area is 128 Å². The van der Waals surface area contributed by atoms with Crippen LogP contribution in [-0.2, 0) is 0 Å². The van der Waals surface area contributed by atoms with Gasteiger partial charge in [-0.1, -0.05) is 25.7 Å². The van der Waals surface area contributed by atoms with Crippen LogP contribution < -0.4 is 10.6 Å². The van der Waals surface area contributed by atoms with E-state index in [9.17, 15) is 4.79 Å². The normalized spacial score (nSPS) is 16.6. The maximum absolute atomic E-state index is 11.8. The molecule has 20 heavy (non-hydrogen) atoms. The molecule has 0 aromatic carbocycles. The van der Waals surface area contributed by atoms with Crippen molar-refractivity contribution in [2.75, 3.05) is 13.1 Å². The molecular weight excluding hydrogens is 318 g/mol. The van der Waals surface area contributed by atoms with Crippen LogP contribution in [0.4, 0.5) is 0 Å². The molecule has 1 saturated carbocycles. The number of nitrogens with zero attached hydrogens (tertiary/aromatic N) is 1. The van der Waals surface area contributed by atoms with Crippen molar-refractivity contribution >= 4 is 21.8 Å². The molecule has 0 spiro atoms. The second-order valence-electron chi connectivity index (χ2n) is 5.26. The summed E-state index contributed by atoms with van der Waals surface area (Å²) >= 11 is 3.30. The Hall–Kier alpha value is -0.940. The number of halogens is 1. The van der Waals surface area contributed by atoms with Crippen LogP contribution in [0, 0.1) is 0 Å². The maximum Gasteiger partial charge on any atom is 0.269 e. The number of hydrogen-bond donors (Lipinski definition) is 2. The fraction of sp³-hybridized carbons (Fsp3) is 0.600. The third-order valence-electron chi connectivity index (χ3n) is 3.66. The van der Waals surface area contributed by atoms with Gasteiger partial charge in [-0.25, -0.2) is 4.98 Å². The standard InChI is InChI=1S/C15H22BrN3O/c16-12-7-8-14(19-11-12)15(20)18-10-9-17-13-5-3-1-2-4-6-13/h7-8,11,13,17H,1-6,9-10H2,(H,18,20). The van der Waals surface area contributed by atoms with Crippen molar-refractivity contribution < 1.29 is 4.79 Å². The second kappa shape index (κ2) is 8.37. The summed E-state index contributed by atoms with van der Waals surface area (Å²) in [6, 6.07) is 4.17. The summed E-state index contributed by atoms with van der Waals surface area (Å²) in [5.74, 6) is -0.111.